The van der Waals surface area contributed by atoms with Crippen LogP contribution in [0.3, 0.4) is 0 Å². The predicted molar refractivity (Wildman–Crippen MR) is 99.2 cm³/mol. The molecule has 6 nitrogen and oxygen atoms in total. The maximum Gasteiger partial charge on any atom is 0.274 e. The molecule has 0 spiro atoms. The van der Waals surface area contributed by atoms with Crippen molar-refractivity contribution in [3.05, 3.63) is 87.0 Å². The van der Waals surface area contributed by atoms with Gasteiger partial charge in [-0.15, -0.1) is 0 Å². The molecule has 0 atom stereocenters. The number of carbonyl (C=O) groups excluding carboxylic acids is 1. The summed E-state index contributed by atoms with van der Waals surface area (Å²) in [5, 5.41) is 11.1. The Morgan fingerprint density at radius 2 is 1.88 bits per heavy atom. The lowest BCUT2D eigenvalue weighted by Crippen LogP contribution is -2.22. The highest BCUT2D eigenvalue weighted by Crippen LogP contribution is 2.46. The number of nitrogens with zero attached hydrogens (tertiary/aromatic N) is 2. The van der Waals surface area contributed by atoms with E-state index in [1.54, 1.807) is 6.08 Å². The van der Waals surface area contributed by atoms with Gasteiger partial charge in [-0.1, -0.05) is 32.0 Å². The van der Waals surface area contributed by atoms with E-state index in [1.807, 2.05) is 31.3 Å². The molecule has 1 aromatic carbocycles. The number of benzene rings is 1. The molecule has 1 heterocycles. The van der Waals surface area contributed by atoms with Gasteiger partial charge in [-0.25, -0.2) is 0 Å². The van der Waals surface area contributed by atoms with Crippen LogP contribution < -0.4 is 4.90 Å². The number of allylic oxidation sites excluding steroid dienone is 6. The second-order valence-electron chi connectivity index (χ2n) is 6.74. The summed E-state index contributed by atoms with van der Waals surface area (Å²) in [6, 6.07) is 8.12. The van der Waals surface area contributed by atoms with Crippen LogP contribution in [0.4, 0.5) is 5.69 Å². The molecule has 0 aromatic heterocycles. The van der Waals surface area contributed by atoms with Crippen molar-refractivity contribution in [2.75, 3.05) is 19.1 Å². The average Bonchev–Trinajstić information content (AvgIpc) is 2.81. The van der Waals surface area contributed by atoms with E-state index in [4.69, 9.17) is 4.74 Å². The Labute approximate surface area is 151 Å². The lowest BCUT2D eigenvalue weighted by Gasteiger charge is -2.23. The topological polar surface area (TPSA) is 72.7 Å². The third-order valence-electron chi connectivity index (χ3n) is 4.86. The fourth-order valence-corrected chi connectivity index (χ4v) is 3.46. The zero-order valence-corrected chi connectivity index (χ0v) is 15.1. The number of likely N-dealkylation sites (N-methyl/N-ethyl adjacent to an activating group) is 1. The molecule has 0 fully saturated rings. The van der Waals surface area contributed by atoms with E-state index in [0.717, 1.165) is 17.5 Å². The Morgan fingerprint density at radius 1 is 1.19 bits per heavy atom. The highest BCUT2D eigenvalue weighted by molar-refractivity contribution is 6.10. The minimum absolute atomic E-state index is 0.0360. The third-order valence-corrected chi connectivity index (χ3v) is 4.86. The van der Waals surface area contributed by atoms with E-state index in [2.05, 4.69) is 24.8 Å². The molecule has 1 aliphatic carbocycles. The van der Waals surface area contributed by atoms with Crippen LogP contribution in [0.2, 0.25) is 0 Å². The second kappa shape index (κ2) is 6.29. The molecule has 0 N–H and O–H groups in total. The Morgan fingerprint density at radius 3 is 2.50 bits per heavy atom. The quantitative estimate of drug-likeness (QED) is 0.473. The van der Waals surface area contributed by atoms with Crippen LogP contribution in [0.5, 0.6) is 0 Å². The zero-order valence-electron chi connectivity index (χ0n) is 15.1. The number of carbonyl (C=O) groups is 1. The van der Waals surface area contributed by atoms with Crippen LogP contribution >= 0.6 is 0 Å². The van der Waals surface area contributed by atoms with Crippen molar-refractivity contribution < 1.29 is 14.5 Å². The number of fused-ring (bicyclic) bond motifs is 1. The fraction of sp³-hybridized carbons (Fsp3) is 0.250. The van der Waals surface area contributed by atoms with Crippen molar-refractivity contribution in [1.29, 1.82) is 0 Å². The minimum Gasteiger partial charge on any atom is -0.492 e. The van der Waals surface area contributed by atoms with E-state index in [0.29, 0.717) is 0 Å². The normalized spacial score (nSPS) is 21.5. The summed E-state index contributed by atoms with van der Waals surface area (Å²) in [7, 11) is 3.30. The van der Waals surface area contributed by atoms with Crippen molar-refractivity contribution >= 4 is 11.5 Å². The van der Waals surface area contributed by atoms with Gasteiger partial charge in [-0.3, -0.25) is 14.9 Å². The summed E-state index contributed by atoms with van der Waals surface area (Å²) < 4.78 is 4.99. The number of para-hydroxylation sites is 1. The van der Waals surface area contributed by atoms with Crippen LogP contribution in [0, 0.1) is 10.1 Å². The maximum atomic E-state index is 12.4. The summed E-state index contributed by atoms with van der Waals surface area (Å²) in [6.45, 7) is 4.22. The van der Waals surface area contributed by atoms with E-state index in [1.165, 1.54) is 18.7 Å². The number of ketones is 1. The molecule has 26 heavy (non-hydrogen) atoms. The average molecular weight is 352 g/mol. The Kier molecular flexibility index (Phi) is 4.28. The summed E-state index contributed by atoms with van der Waals surface area (Å²) in [4.78, 5) is 25.1. The molecular weight excluding hydrogens is 332 g/mol. The van der Waals surface area contributed by atoms with Crippen LogP contribution in [-0.2, 0) is 14.9 Å². The highest BCUT2D eigenvalue weighted by Gasteiger charge is 2.37. The van der Waals surface area contributed by atoms with Gasteiger partial charge >= 0.3 is 0 Å². The van der Waals surface area contributed by atoms with Crippen molar-refractivity contribution in [3.8, 4) is 0 Å². The van der Waals surface area contributed by atoms with Gasteiger partial charge in [0.15, 0.2) is 5.76 Å². The van der Waals surface area contributed by atoms with Gasteiger partial charge in [0.05, 0.1) is 18.1 Å². The number of methoxy groups -OCH3 is 1. The molecule has 0 bridgehead atoms. The summed E-state index contributed by atoms with van der Waals surface area (Å²) in [5.41, 5.74) is 3.12. The largest absolute Gasteiger partial charge is 0.492 e. The molecular formula is C20H20N2O4. The summed E-state index contributed by atoms with van der Waals surface area (Å²) in [5.74, 6) is -0.405. The molecule has 1 aromatic rings. The first kappa shape index (κ1) is 17.7. The van der Waals surface area contributed by atoms with Crippen LogP contribution in [-0.4, -0.2) is 24.9 Å². The molecule has 2 aliphatic rings. The zero-order chi connectivity index (χ0) is 19.1. The number of hydrogen-bond acceptors (Lipinski definition) is 5. The van der Waals surface area contributed by atoms with Crippen LogP contribution in [0.25, 0.3) is 0 Å². The van der Waals surface area contributed by atoms with Gasteiger partial charge in [-0.2, -0.15) is 0 Å². The van der Waals surface area contributed by atoms with Crippen molar-refractivity contribution in [2.24, 2.45) is 0 Å². The van der Waals surface area contributed by atoms with Gasteiger partial charge in [0, 0.05) is 35.5 Å². The first-order chi connectivity index (χ1) is 12.3. The standard InChI is InChI=1S/C20H20N2O4/c1-20(2)15-7-5-6-8-16(15)21(3)18(20)10-9-13-11-14(22(24)25)12-17(26-4)19(13)23/h5-12H,1-4H3/b13-9+,18-10+. The Hall–Kier alpha value is -3.15. The minimum atomic E-state index is -0.534. The number of anilines is 1. The van der Waals surface area contributed by atoms with E-state index in [-0.39, 0.29) is 28.2 Å². The van der Waals surface area contributed by atoms with E-state index >= 15 is 0 Å². The molecule has 0 unspecified atom stereocenters. The van der Waals surface area contributed by atoms with Gasteiger partial charge in [0.2, 0.25) is 5.78 Å². The summed E-state index contributed by atoms with van der Waals surface area (Å²) in [6.07, 6.45) is 5.89. The predicted octanol–water partition coefficient (Wildman–Crippen LogP) is 3.50. The van der Waals surface area contributed by atoms with Crippen molar-refractivity contribution in [2.45, 2.75) is 19.3 Å². The molecule has 3 rings (SSSR count). The van der Waals surface area contributed by atoms with Gasteiger partial charge in [-0.05, 0) is 23.8 Å². The molecule has 134 valence electrons. The monoisotopic (exact) mass is 352 g/mol. The molecule has 0 saturated heterocycles. The fourth-order valence-electron chi connectivity index (χ4n) is 3.46. The number of rotatable bonds is 3. The second-order valence-corrected chi connectivity index (χ2v) is 6.74. The van der Waals surface area contributed by atoms with Gasteiger partial charge in [0.1, 0.15) is 0 Å². The SMILES string of the molecule is COC1=CC([N+](=O)[O-])=C/C(=C\C=C2\N(C)c3ccccc3C2(C)C)C1=O. The first-order valence-corrected chi connectivity index (χ1v) is 8.19. The first-order valence-electron chi connectivity index (χ1n) is 8.19. The van der Waals surface area contributed by atoms with E-state index in [9.17, 15) is 14.9 Å². The number of hydrogen-bond donors (Lipinski definition) is 0. The summed E-state index contributed by atoms with van der Waals surface area (Å²) >= 11 is 0. The van der Waals surface area contributed by atoms with Gasteiger partial charge in [0.25, 0.3) is 5.70 Å². The van der Waals surface area contributed by atoms with Crippen molar-refractivity contribution in [3.63, 3.8) is 0 Å². The smallest absolute Gasteiger partial charge is 0.274 e. The molecule has 1 aliphatic heterocycles. The lowest BCUT2D eigenvalue weighted by molar-refractivity contribution is -0.419. The van der Waals surface area contributed by atoms with Crippen LogP contribution in [0.1, 0.15) is 19.4 Å². The van der Waals surface area contributed by atoms with Crippen molar-refractivity contribution in [1.82, 2.24) is 0 Å². The Balaban J connectivity index is 2.05. The molecule has 6 heteroatoms. The maximum absolute atomic E-state index is 12.4. The van der Waals surface area contributed by atoms with Gasteiger partial charge < -0.3 is 9.64 Å². The van der Waals surface area contributed by atoms with E-state index < -0.39 is 4.92 Å². The third kappa shape index (κ3) is 2.73. The number of ether oxygens (including phenoxy) is 1. The molecule has 0 amide bonds. The number of Topliss-reactive ketones (excluding diaryl/α,β-unsaturated/α-hetero) is 1. The highest BCUT2D eigenvalue weighted by atomic mass is 16.6. The lowest BCUT2D eigenvalue weighted by atomic mass is 9.83. The number of nitro groups is 1. The molecule has 0 radical (unpaired) electrons. The Bertz CT molecular complexity index is 919. The molecule has 0 saturated carbocycles. The van der Waals surface area contributed by atoms with Crippen LogP contribution in [0.15, 0.2) is 71.3 Å².